The number of aliphatic carboxylic acids is 1. The Morgan fingerprint density at radius 2 is 1.96 bits per heavy atom. The lowest BCUT2D eigenvalue weighted by Crippen LogP contribution is -2.48. The summed E-state index contributed by atoms with van der Waals surface area (Å²) in [7, 11) is 0. The Labute approximate surface area is 133 Å². The molecule has 6 nitrogen and oxygen atoms in total. The number of fused-ring (bicyclic) bond motifs is 3. The fraction of sp³-hybridized carbons (Fsp3) is 0.412. The molecule has 2 aromatic rings. The van der Waals surface area contributed by atoms with Crippen molar-refractivity contribution in [2.24, 2.45) is 0 Å². The van der Waals surface area contributed by atoms with Crippen LogP contribution in [0.25, 0.3) is 10.9 Å². The van der Waals surface area contributed by atoms with Crippen molar-refractivity contribution in [3.05, 3.63) is 35.5 Å². The molecule has 1 unspecified atom stereocenters. The maximum Gasteiger partial charge on any atom is 0.329 e. The van der Waals surface area contributed by atoms with Crippen molar-refractivity contribution in [3.63, 3.8) is 0 Å². The third-order valence-corrected chi connectivity index (χ3v) is 3.85. The molecular formula is C17H20N2O4. The molecule has 2 heterocycles. The lowest BCUT2D eigenvalue weighted by molar-refractivity contribution is -0.158. The van der Waals surface area contributed by atoms with Crippen LogP contribution in [0.4, 0.5) is 0 Å². The molecule has 0 saturated heterocycles. The number of aromatic nitrogens is 1. The highest BCUT2D eigenvalue weighted by atomic mass is 16.6. The SMILES string of the molecule is CC(C)(C)OC(=O)C1N[C@H](C(=O)O)Cc2c1[nH]c1ccccc21. The van der Waals surface area contributed by atoms with E-state index < -0.39 is 29.6 Å². The molecule has 3 N–H and O–H groups in total. The van der Waals surface area contributed by atoms with E-state index in [4.69, 9.17) is 4.74 Å². The Hall–Kier alpha value is -2.34. The molecule has 3 rings (SSSR count). The Kier molecular flexibility index (Phi) is 3.64. The van der Waals surface area contributed by atoms with Crippen molar-refractivity contribution in [1.29, 1.82) is 0 Å². The summed E-state index contributed by atoms with van der Waals surface area (Å²) in [6.07, 6.45) is 0.327. The maximum atomic E-state index is 12.5. The molecule has 122 valence electrons. The average molecular weight is 316 g/mol. The second kappa shape index (κ2) is 5.38. The van der Waals surface area contributed by atoms with Gasteiger partial charge in [-0.1, -0.05) is 18.2 Å². The van der Waals surface area contributed by atoms with Gasteiger partial charge in [-0.15, -0.1) is 0 Å². The minimum atomic E-state index is -0.977. The standard InChI is InChI=1S/C17H20N2O4/c1-17(2,3)23-16(22)14-13-10(8-12(19-14)15(20)21)9-6-4-5-7-11(9)18-13/h4-7,12,14,18-19H,8H2,1-3H3,(H,20,21)/t12-,14?/m0/s1. The average Bonchev–Trinajstić information content (AvgIpc) is 2.82. The van der Waals surface area contributed by atoms with Crippen LogP contribution in [0, 0.1) is 0 Å². The van der Waals surface area contributed by atoms with E-state index in [1.807, 2.05) is 24.3 Å². The van der Waals surface area contributed by atoms with Gasteiger partial charge in [0.25, 0.3) is 0 Å². The van der Waals surface area contributed by atoms with Crippen molar-refractivity contribution >= 4 is 22.8 Å². The number of hydrogen-bond donors (Lipinski definition) is 3. The van der Waals surface area contributed by atoms with Crippen molar-refractivity contribution in [1.82, 2.24) is 10.3 Å². The van der Waals surface area contributed by atoms with Gasteiger partial charge in [-0.05, 0) is 32.4 Å². The van der Waals surface area contributed by atoms with E-state index in [1.165, 1.54) is 0 Å². The molecule has 0 radical (unpaired) electrons. The molecule has 2 atom stereocenters. The molecule has 0 aliphatic carbocycles. The van der Waals surface area contributed by atoms with E-state index in [9.17, 15) is 14.7 Å². The number of para-hydroxylation sites is 1. The molecule has 0 bridgehead atoms. The topological polar surface area (TPSA) is 91.4 Å². The first-order valence-corrected chi connectivity index (χ1v) is 7.57. The number of carbonyl (C=O) groups excluding carboxylic acids is 1. The second-order valence-electron chi connectivity index (χ2n) is 6.79. The van der Waals surface area contributed by atoms with Crippen molar-refractivity contribution < 1.29 is 19.4 Å². The number of rotatable bonds is 2. The maximum absolute atomic E-state index is 12.5. The van der Waals surface area contributed by atoms with Gasteiger partial charge in [-0.3, -0.25) is 10.1 Å². The van der Waals surface area contributed by atoms with E-state index in [0.29, 0.717) is 12.1 Å². The van der Waals surface area contributed by atoms with Gasteiger partial charge in [0.05, 0.1) is 0 Å². The zero-order valence-corrected chi connectivity index (χ0v) is 13.3. The monoisotopic (exact) mass is 316 g/mol. The van der Waals surface area contributed by atoms with Crippen LogP contribution < -0.4 is 5.32 Å². The molecule has 0 spiro atoms. The fourth-order valence-electron chi connectivity index (χ4n) is 2.94. The van der Waals surface area contributed by atoms with Gasteiger partial charge in [0.1, 0.15) is 17.7 Å². The first-order chi connectivity index (χ1) is 10.8. The number of ether oxygens (including phenoxy) is 1. The van der Waals surface area contributed by atoms with Crippen LogP contribution in [0.3, 0.4) is 0 Å². The predicted octanol–water partition coefficient (Wildman–Crippen LogP) is 2.15. The number of esters is 1. The molecule has 0 saturated carbocycles. The van der Waals surface area contributed by atoms with Gasteiger partial charge in [0.2, 0.25) is 0 Å². The number of hydrogen-bond acceptors (Lipinski definition) is 4. The zero-order chi connectivity index (χ0) is 16.8. The summed E-state index contributed by atoms with van der Waals surface area (Å²) in [5, 5.41) is 13.2. The fourth-order valence-corrected chi connectivity index (χ4v) is 2.94. The van der Waals surface area contributed by atoms with Crippen LogP contribution in [-0.4, -0.2) is 33.7 Å². The van der Waals surface area contributed by atoms with E-state index in [1.54, 1.807) is 20.8 Å². The smallest absolute Gasteiger partial charge is 0.329 e. The molecule has 1 aromatic heterocycles. The van der Waals surface area contributed by atoms with E-state index in [2.05, 4.69) is 10.3 Å². The number of aromatic amines is 1. The third kappa shape index (κ3) is 2.94. The Morgan fingerprint density at radius 1 is 1.26 bits per heavy atom. The zero-order valence-electron chi connectivity index (χ0n) is 13.3. The van der Waals surface area contributed by atoms with Crippen molar-refractivity contribution in [3.8, 4) is 0 Å². The summed E-state index contributed by atoms with van der Waals surface area (Å²) in [5.41, 5.74) is 1.81. The number of carboxylic acid groups (broad SMARTS) is 1. The van der Waals surface area contributed by atoms with Gasteiger partial charge in [0.15, 0.2) is 0 Å². The summed E-state index contributed by atoms with van der Waals surface area (Å²) in [5.74, 6) is -1.45. The number of carbonyl (C=O) groups is 2. The molecule has 23 heavy (non-hydrogen) atoms. The van der Waals surface area contributed by atoms with Gasteiger partial charge >= 0.3 is 11.9 Å². The minimum Gasteiger partial charge on any atom is -0.480 e. The van der Waals surface area contributed by atoms with Gasteiger partial charge < -0.3 is 14.8 Å². The Balaban J connectivity index is 2.06. The number of benzene rings is 1. The molecular weight excluding hydrogens is 296 g/mol. The summed E-state index contributed by atoms with van der Waals surface area (Å²) in [6.45, 7) is 5.36. The first-order valence-electron chi connectivity index (χ1n) is 7.57. The van der Waals surface area contributed by atoms with Crippen LogP contribution in [0.15, 0.2) is 24.3 Å². The lowest BCUT2D eigenvalue weighted by Gasteiger charge is -2.30. The second-order valence-corrected chi connectivity index (χ2v) is 6.79. The summed E-state index contributed by atoms with van der Waals surface area (Å²) < 4.78 is 5.44. The highest BCUT2D eigenvalue weighted by Crippen LogP contribution is 2.33. The number of H-pyrrole nitrogens is 1. The third-order valence-electron chi connectivity index (χ3n) is 3.85. The van der Waals surface area contributed by atoms with Gasteiger partial charge in [-0.25, -0.2) is 4.79 Å². The quantitative estimate of drug-likeness (QED) is 0.738. The summed E-state index contributed by atoms with van der Waals surface area (Å²) >= 11 is 0. The summed E-state index contributed by atoms with van der Waals surface area (Å²) in [4.78, 5) is 27.2. The van der Waals surface area contributed by atoms with Gasteiger partial charge in [0, 0.05) is 23.0 Å². The van der Waals surface area contributed by atoms with Gasteiger partial charge in [-0.2, -0.15) is 0 Å². The van der Waals surface area contributed by atoms with Crippen LogP contribution >= 0.6 is 0 Å². The molecule has 0 fully saturated rings. The Morgan fingerprint density at radius 3 is 2.61 bits per heavy atom. The molecule has 6 heteroatoms. The molecule has 0 amide bonds. The van der Waals surface area contributed by atoms with Crippen molar-refractivity contribution in [2.75, 3.05) is 0 Å². The van der Waals surface area contributed by atoms with Crippen LogP contribution in [0.1, 0.15) is 38.1 Å². The summed E-state index contributed by atoms with van der Waals surface area (Å²) in [6, 6.07) is 6.01. The highest BCUT2D eigenvalue weighted by molar-refractivity contribution is 5.90. The van der Waals surface area contributed by atoms with Crippen molar-refractivity contribution in [2.45, 2.75) is 44.9 Å². The van der Waals surface area contributed by atoms with Crippen LogP contribution in [0.2, 0.25) is 0 Å². The van der Waals surface area contributed by atoms with E-state index in [0.717, 1.165) is 16.5 Å². The number of nitrogens with one attached hydrogen (secondary N) is 2. The molecule has 1 aromatic carbocycles. The first kappa shape index (κ1) is 15.6. The Bertz CT molecular complexity index is 772. The lowest BCUT2D eigenvalue weighted by atomic mass is 9.94. The predicted molar refractivity (Wildman–Crippen MR) is 85.1 cm³/mol. The number of carboxylic acids is 1. The van der Waals surface area contributed by atoms with E-state index in [-0.39, 0.29) is 0 Å². The molecule has 1 aliphatic heterocycles. The van der Waals surface area contributed by atoms with Crippen LogP contribution in [0.5, 0.6) is 0 Å². The highest BCUT2D eigenvalue weighted by Gasteiger charge is 2.38. The largest absolute Gasteiger partial charge is 0.480 e. The van der Waals surface area contributed by atoms with Crippen LogP contribution in [-0.2, 0) is 20.7 Å². The normalized spacial score (nSPS) is 21.0. The van der Waals surface area contributed by atoms with E-state index >= 15 is 0 Å². The molecule has 1 aliphatic rings. The minimum absolute atomic E-state index is 0.327.